The highest BCUT2D eigenvalue weighted by Crippen LogP contribution is 2.25. The number of para-hydroxylation sites is 1. The topological polar surface area (TPSA) is 29.9 Å². The van der Waals surface area contributed by atoms with Gasteiger partial charge < -0.3 is 5.32 Å². The molecule has 0 amide bonds. The van der Waals surface area contributed by atoms with Crippen molar-refractivity contribution in [3.05, 3.63) is 83.2 Å². The van der Waals surface area contributed by atoms with E-state index in [2.05, 4.69) is 60.7 Å². The second kappa shape index (κ2) is 6.25. The summed E-state index contributed by atoms with van der Waals surface area (Å²) in [5.41, 5.74) is 6.56. The van der Waals surface area contributed by atoms with E-state index in [4.69, 9.17) is 0 Å². The zero-order valence-corrected chi connectivity index (χ0v) is 14.2. The van der Waals surface area contributed by atoms with Crippen molar-refractivity contribution in [2.45, 2.75) is 38.8 Å². The smallest absolute Gasteiger partial charge is 0.0648 e. The first-order chi connectivity index (χ1) is 11.7. The molecular weight excluding hydrogens is 294 g/mol. The van der Waals surface area contributed by atoms with Gasteiger partial charge in [-0.05, 0) is 49.9 Å². The Morgan fingerprint density at radius 1 is 1.00 bits per heavy atom. The molecule has 3 nitrogen and oxygen atoms in total. The number of rotatable bonds is 4. The van der Waals surface area contributed by atoms with Crippen LogP contribution in [0.2, 0.25) is 0 Å². The highest BCUT2D eigenvalue weighted by Gasteiger charge is 2.23. The Morgan fingerprint density at radius 3 is 2.29 bits per heavy atom. The lowest BCUT2D eigenvalue weighted by atomic mass is 10.1. The van der Waals surface area contributed by atoms with Gasteiger partial charge in [-0.1, -0.05) is 42.5 Å². The van der Waals surface area contributed by atoms with Crippen LogP contribution in [0.15, 0.2) is 60.8 Å². The minimum atomic E-state index is 0.293. The lowest BCUT2D eigenvalue weighted by molar-refractivity contribution is 0.466. The molecule has 122 valence electrons. The van der Waals surface area contributed by atoms with Crippen LogP contribution in [0, 0.1) is 6.92 Å². The highest BCUT2D eigenvalue weighted by molar-refractivity contribution is 5.36. The number of hydrogen-bond acceptors (Lipinski definition) is 2. The van der Waals surface area contributed by atoms with Gasteiger partial charge in [0.05, 0.1) is 11.9 Å². The maximum Gasteiger partial charge on any atom is 0.0648 e. The number of benzene rings is 2. The van der Waals surface area contributed by atoms with Crippen LogP contribution in [0.25, 0.3) is 5.69 Å². The van der Waals surface area contributed by atoms with E-state index in [0.29, 0.717) is 12.1 Å². The lowest BCUT2D eigenvalue weighted by Gasteiger charge is -2.19. The first kappa shape index (κ1) is 15.2. The Kier molecular flexibility index (Phi) is 3.95. The number of nitrogens with one attached hydrogen (secondary N) is 1. The quantitative estimate of drug-likeness (QED) is 0.788. The summed E-state index contributed by atoms with van der Waals surface area (Å²) in [6.45, 7) is 4.39. The van der Waals surface area contributed by atoms with Crippen molar-refractivity contribution in [2.75, 3.05) is 0 Å². The van der Waals surface area contributed by atoms with Crippen LogP contribution in [0.3, 0.4) is 0 Å². The number of aromatic nitrogens is 2. The number of fused-ring (bicyclic) bond motifs is 1. The third-order valence-electron chi connectivity index (χ3n) is 5.05. The average Bonchev–Trinajstić information content (AvgIpc) is 3.18. The molecule has 2 aromatic carbocycles. The molecule has 3 heteroatoms. The van der Waals surface area contributed by atoms with E-state index in [1.807, 2.05) is 29.1 Å². The van der Waals surface area contributed by atoms with Crippen LogP contribution in [0.5, 0.6) is 0 Å². The normalized spacial score (nSPS) is 15.4. The number of nitrogens with zero attached hydrogens (tertiary/aromatic N) is 2. The fourth-order valence-corrected chi connectivity index (χ4v) is 3.80. The van der Waals surface area contributed by atoms with Gasteiger partial charge >= 0.3 is 0 Å². The van der Waals surface area contributed by atoms with E-state index in [-0.39, 0.29) is 0 Å². The predicted octanol–water partition coefficient (Wildman–Crippen LogP) is 4.00. The molecule has 0 radical (unpaired) electrons. The van der Waals surface area contributed by atoms with Gasteiger partial charge in [0.15, 0.2) is 0 Å². The fourth-order valence-electron chi connectivity index (χ4n) is 3.80. The van der Waals surface area contributed by atoms with Crippen molar-refractivity contribution in [3.63, 3.8) is 0 Å². The lowest BCUT2D eigenvalue weighted by Crippen LogP contribution is -2.32. The van der Waals surface area contributed by atoms with Gasteiger partial charge in [0.2, 0.25) is 0 Å². The molecule has 0 spiro atoms. The molecule has 1 heterocycles. The zero-order chi connectivity index (χ0) is 16.5. The van der Waals surface area contributed by atoms with Crippen LogP contribution in [-0.4, -0.2) is 15.8 Å². The van der Waals surface area contributed by atoms with E-state index in [1.54, 1.807) is 0 Å². The highest BCUT2D eigenvalue weighted by atomic mass is 15.3. The molecule has 0 saturated heterocycles. The average molecular weight is 317 g/mol. The third kappa shape index (κ3) is 2.76. The van der Waals surface area contributed by atoms with Gasteiger partial charge in [-0.3, -0.25) is 0 Å². The Balaban J connectivity index is 1.50. The minimum absolute atomic E-state index is 0.293. The molecule has 0 bridgehead atoms. The monoisotopic (exact) mass is 317 g/mol. The molecule has 0 fully saturated rings. The van der Waals surface area contributed by atoms with Gasteiger partial charge in [-0.15, -0.1) is 0 Å². The summed E-state index contributed by atoms with van der Waals surface area (Å²) in [6.07, 6.45) is 4.24. The van der Waals surface area contributed by atoms with Gasteiger partial charge in [-0.25, -0.2) is 4.68 Å². The van der Waals surface area contributed by atoms with Gasteiger partial charge in [-0.2, -0.15) is 5.10 Å². The van der Waals surface area contributed by atoms with Crippen LogP contribution >= 0.6 is 0 Å². The fraction of sp³-hybridized carbons (Fsp3) is 0.286. The van der Waals surface area contributed by atoms with Crippen molar-refractivity contribution in [1.29, 1.82) is 0 Å². The minimum Gasteiger partial charge on any atom is -0.307 e. The SMILES string of the molecule is Cc1c(C(C)NC2Cc3ccccc3C2)cnn1-c1ccccc1. The molecular formula is C21H23N3. The van der Waals surface area contributed by atoms with Crippen molar-refractivity contribution in [1.82, 2.24) is 15.1 Å². The summed E-state index contributed by atoms with van der Waals surface area (Å²) < 4.78 is 2.02. The van der Waals surface area contributed by atoms with E-state index in [0.717, 1.165) is 18.5 Å². The second-order valence-corrected chi connectivity index (χ2v) is 6.69. The summed E-state index contributed by atoms with van der Waals surface area (Å²) in [4.78, 5) is 0. The molecule has 4 rings (SSSR count). The molecule has 1 aliphatic carbocycles. The molecule has 1 unspecified atom stereocenters. The first-order valence-corrected chi connectivity index (χ1v) is 8.65. The molecule has 3 aromatic rings. The van der Waals surface area contributed by atoms with Crippen molar-refractivity contribution < 1.29 is 0 Å². The molecule has 1 atom stereocenters. The molecule has 1 aromatic heterocycles. The van der Waals surface area contributed by atoms with E-state index >= 15 is 0 Å². The first-order valence-electron chi connectivity index (χ1n) is 8.65. The molecule has 24 heavy (non-hydrogen) atoms. The molecule has 1 N–H and O–H groups in total. The van der Waals surface area contributed by atoms with Crippen molar-refractivity contribution in [3.8, 4) is 5.69 Å². The predicted molar refractivity (Wildman–Crippen MR) is 97.5 cm³/mol. The Hall–Kier alpha value is -2.39. The van der Waals surface area contributed by atoms with Crippen LogP contribution in [0.1, 0.15) is 35.3 Å². The van der Waals surface area contributed by atoms with Crippen LogP contribution < -0.4 is 5.32 Å². The Labute approximate surface area is 143 Å². The summed E-state index contributed by atoms with van der Waals surface area (Å²) in [5, 5.41) is 8.39. The maximum atomic E-state index is 4.60. The summed E-state index contributed by atoms with van der Waals surface area (Å²) in [7, 11) is 0. The Morgan fingerprint density at radius 2 is 1.62 bits per heavy atom. The van der Waals surface area contributed by atoms with Gasteiger partial charge in [0, 0.05) is 23.3 Å². The number of hydrogen-bond donors (Lipinski definition) is 1. The second-order valence-electron chi connectivity index (χ2n) is 6.69. The largest absolute Gasteiger partial charge is 0.307 e. The van der Waals surface area contributed by atoms with Gasteiger partial charge in [0.25, 0.3) is 0 Å². The molecule has 1 aliphatic rings. The standard InChI is InChI=1S/C21H23N3/c1-15(23-19-12-17-8-6-7-9-18(17)13-19)21-14-22-24(16(21)2)20-10-4-3-5-11-20/h3-11,14-15,19,23H,12-13H2,1-2H3. The van der Waals surface area contributed by atoms with Gasteiger partial charge in [0.1, 0.15) is 0 Å². The summed E-state index contributed by atoms with van der Waals surface area (Å²) >= 11 is 0. The van der Waals surface area contributed by atoms with Crippen LogP contribution in [0.4, 0.5) is 0 Å². The van der Waals surface area contributed by atoms with Crippen LogP contribution in [-0.2, 0) is 12.8 Å². The molecule has 0 saturated carbocycles. The van der Waals surface area contributed by atoms with E-state index in [1.165, 1.54) is 22.4 Å². The maximum absolute atomic E-state index is 4.60. The van der Waals surface area contributed by atoms with Crippen molar-refractivity contribution in [2.24, 2.45) is 0 Å². The zero-order valence-electron chi connectivity index (χ0n) is 14.2. The summed E-state index contributed by atoms with van der Waals surface area (Å²) in [5.74, 6) is 0. The third-order valence-corrected chi connectivity index (χ3v) is 5.05. The summed E-state index contributed by atoms with van der Waals surface area (Å²) in [6, 6.07) is 19.9. The van der Waals surface area contributed by atoms with E-state index in [9.17, 15) is 0 Å². The Bertz CT molecular complexity index is 810. The van der Waals surface area contributed by atoms with E-state index < -0.39 is 0 Å². The molecule has 0 aliphatic heterocycles. The van der Waals surface area contributed by atoms with Crippen molar-refractivity contribution >= 4 is 0 Å².